The Labute approximate surface area is 83.7 Å². The van der Waals surface area contributed by atoms with Crippen LogP contribution < -0.4 is 5.32 Å². The number of piperidine rings is 1. The summed E-state index contributed by atoms with van der Waals surface area (Å²) in [4.78, 5) is 21.9. The Morgan fingerprint density at radius 3 is 2.79 bits per heavy atom. The molecule has 2 N–H and O–H groups in total. The molecular weight excluding hydrogens is 182 g/mol. The van der Waals surface area contributed by atoms with Crippen LogP contribution in [0.25, 0.3) is 0 Å². The fraction of sp³-hybridized carbons (Fsp3) is 0.800. The minimum atomic E-state index is -0.853. The first-order chi connectivity index (χ1) is 6.49. The lowest BCUT2D eigenvalue weighted by atomic mass is 9.88. The molecule has 2 atom stereocenters. The van der Waals surface area contributed by atoms with Crippen LogP contribution in [0, 0.1) is 11.8 Å². The Morgan fingerprint density at radius 1 is 1.64 bits per heavy atom. The number of carbonyl (C=O) groups is 2. The van der Waals surface area contributed by atoms with E-state index in [9.17, 15) is 9.59 Å². The van der Waals surface area contributed by atoms with E-state index in [1.807, 2.05) is 0 Å². The number of carboxylic acids is 1. The number of amides is 1. The number of hydrogen-bond acceptors (Lipinski definition) is 2. The molecule has 0 spiro atoms. The van der Waals surface area contributed by atoms with E-state index in [4.69, 9.17) is 5.11 Å². The first-order valence-electron chi connectivity index (χ1n) is 5.01. The molecule has 0 radical (unpaired) electrons. The van der Waals surface area contributed by atoms with Crippen molar-refractivity contribution in [1.29, 1.82) is 0 Å². The van der Waals surface area contributed by atoms with Gasteiger partial charge in [-0.3, -0.25) is 9.59 Å². The van der Waals surface area contributed by atoms with Gasteiger partial charge in [0.05, 0.1) is 5.92 Å². The summed E-state index contributed by atoms with van der Waals surface area (Å²) in [6.07, 6.45) is 1.55. The fourth-order valence-electron chi connectivity index (χ4n) is 1.91. The number of hydrogen-bond donors (Lipinski definition) is 2. The van der Waals surface area contributed by atoms with E-state index in [1.54, 1.807) is 0 Å². The molecule has 0 aromatic rings. The molecule has 0 aromatic heterocycles. The minimum absolute atomic E-state index is 0.0392. The second-order valence-electron chi connectivity index (χ2n) is 4.37. The summed E-state index contributed by atoms with van der Waals surface area (Å²) in [7, 11) is 0. The van der Waals surface area contributed by atoms with E-state index in [2.05, 4.69) is 19.2 Å². The molecule has 0 bridgehead atoms. The van der Waals surface area contributed by atoms with Crippen LogP contribution in [0.15, 0.2) is 0 Å². The highest BCUT2D eigenvalue weighted by Crippen LogP contribution is 2.21. The molecule has 80 valence electrons. The normalized spacial score (nSPS) is 27.5. The summed E-state index contributed by atoms with van der Waals surface area (Å²) in [6.45, 7) is 4.13. The molecule has 0 aliphatic carbocycles. The van der Waals surface area contributed by atoms with Crippen molar-refractivity contribution in [2.75, 3.05) is 0 Å². The maximum atomic E-state index is 11.2. The third-order valence-corrected chi connectivity index (χ3v) is 2.47. The van der Waals surface area contributed by atoms with Gasteiger partial charge in [0.15, 0.2) is 0 Å². The average Bonchev–Trinajstić information content (AvgIpc) is 2.01. The molecule has 0 saturated carbocycles. The van der Waals surface area contributed by atoms with Gasteiger partial charge in [0.1, 0.15) is 0 Å². The molecule has 1 saturated heterocycles. The lowest BCUT2D eigenvalue weighted by molar-refractivity contribution is -0.146. The highest BCUT2D eigenvalue weighted by Gasteiger charge is 2.31. The highest BCUT2D eigenvalue weighted by molar-refractivity contribution is 5.83. The van der Waals surface area contributed by atoms with Gasteiger partial charge in [-0.1, -0.05) is 13.8 Å². The van der Waals surface area contributed by atoms with E-state index in [1.165, 1.54) is 0 Å². The second-order valence-corrected chi connectivity index (χ2v) is 4.37. The molecular formula is C10H17NO3. The van der Waals surface area contributed by atoms with Crippen LogP contribution in [0.2, 0.25) is 0 Å². The predicted octanol–water partition coefficient (Wildman–Crippen LogP) is 1.01. The Morgan fingerprint density at radius 2 is 2.29 bits per heavy atom. The topological polar surface area (TPSA) is 66.4 Å². The van der Waals surface area contributed by atoms with Crippen LogP contribution in [0.3, 0.4) is 0 Å². The number of rotatable bonds is 3. The van der Waals surface area contributed by atoms with Crippen LogP contribution in [-0.2, 0) is 9.59 Å². The van der Waals surface area contributed by atoms with E-state index < -0.39 is 11.9 Å². The smallest absolute Gasteiger partial charge is 0.307 e. The zero-order chi connectivity index (χ0) is 10.7. The van der Waals surface area contributed by atoms with Gasteiger partial charge >= 0.3 is 5.97 Å². The van der Waals surface area contributed by atoms with Crippen molar-refractivity contribution >= 4 is 11.9 Å². The lowest BCUT2D eigenvalue weighted by Gasteiger charge is -2.28. The SMILES string of the molecule is CC(C)C[C@H]1C[C@@H](C(=O)O)CC(=O)N1. The van der Waals surface area contributed by atoms with Gasteiger partial charge in [-0.25, -0.2) is 0 Å². The van der Waals surface area contributed by atoms with Crippen LogP contribution in [-0.4, -0.2) is 23.0 Å². The third kappa shape index (κ3) is 3.01. The molecule has 0 aromatic carbocycles. The standard InChI is InChI=1S/C10H17NO3/c1-6(2)3-8-4-7(10(13)14)5-9(12)11-8/h6-8H,3-5H2,1-2H3,(H,11,12)(H,13,14)/t7-,8+/m1/s1. The molecule has 1 aliphatic heterocycles. The summed E-state index contributed by atoms with van der Waals surface area (Å²) < 4.78 is 0. The summed E-state index contributed by atoms with van der Waals surface area (Å²) in [5.74, 6) is -0.997. The Hall–Kier alpha value is -1.06. The fourth-order valence-corrected chi connectivity index (χ4v) is 1.91. The minimum Gasteiger partial charge on any atom is -0.481 e. The van der Waals surface area contributed by atoms with E-state index in [0.717, 1.165) is 6.42 Å². The molecule has 1 fully saturated rings. The lowest BCUT2D eigenvalue weighted by Crippen LogP contribution is -2.44. The second kappa shape index (κ2) is 4.44. The van der Waals surface area contributed by atoms with Crippen LogP contribution in [0.4, 0.5) is 0 Å². The third-order valence-electron chi connectivity index (χ3n) is 2.47. The predicted molar refractivity (Wildman–Crippen MR) is 51.7 cm³/mol. The Bertz CT molecular complexity index is 238. The monoisotopic (exact) mass is 199 g/mol. The molecule has 1 aliphatic rings. The molecule has 1 rings (SSSR count). The van der Waals surface area contributed by atoms with Gasteiger partial charge in [0, 0.05) is 12.5 Å². The quantitative estimate of drug-likeness (QED) is 0.713. The number of carboxylic acid groups (broad SMARTS) is 1. The largest absolute Gasteiger partial charge is 0.481 e. The van der Waals surface area contributed by atoms with Crippen molar-refractivity contribution in [2.45, 2.75) is 39.2 Å². The van der Waals surface area contributed by atoms with Crippen molar-refractivity contribution in [1.82, 2.24) is 5.32 Å². The van der Waals surface area contributed by atoms with Gasteiger partial charge in [-0.15, -0.1) is 0 Å². The van der Waals surface area contributed by atoms with Gasteiger partial charge < -0.3 is 10.4 Å². The Kier molecular flexibility index (Phi) is 3.49. The van der Waals surface area contributed by atoms with Crippen LogP contribution in [0.1, 0.15) is 33.1 Å². The van der Waals surface area contributed by atoms with Crippen molar-refractivity contribution in [3.05, 3.63) is 0 Å². The summed E-state index contributed by atoms with van der Waals surface area (Å²) in [5, 5.41) is 11.7. The number of nitrogens with one attached hydrogen (secondary N) is 1. The molecule has 4 nitrogen and oxygen atoms in total. The summed E-state index contributed by atoms with van der Waals surface area (Å²) in [5.41, 5.74) is 0. The van der Waals surface area contributed by atoms with E-state index >= 15 is 0 Å². The molecule has 0 unspecified atom stereocenters. The van der Waals surface area contributed by atoms with Gasteiger partial charge in [-0.05, 0) is 18.8 Å². The van der Waals surface area contributed by atoms with Gasteiger partial charge in [0.25, 0.3) is 0 Å². The number of aliphatic carboxylic acids is 1. The van der Waals surface area contributed by atoms with Crippen molar-refractivity contribution in [2.24, 2.45) is 11.8 Å². The van der Waals surface area contributed by atoms with Crippen LogP contribution >= 0.6 is 0 Å². The van der Waals surface area contributed by atoms with Gasteiger partial charge in [-0.2, -0.15) is 0 Å². The molecule has 1 heterocycles. The van der Waals surface area contributed by atoms with E-state index in [-0.39, 0.29) is 18.4 Å². The average molecular weight is 199 g/mol. The van der Waals surface area contributed by atoms with Crippen LogP contribution in [0.5, 0.6) is 0 Å². The zero-order valence-corrected chi connectivity index (χ0v) is 8.62. The molecule has 14 heavy (non-hydrogen) atoms. The van der Waals surface area contributed by atoms with Crippen molar-refractivity contribution < 1.29 is 14.7 Å². The number of carbonyl (C=O) groups excluding carboxylic acids is 1. The Balaban J connectivity index is 2.54. The van der Waals surface area contributed by atoms with E-state index in [0.29, 0.717) is 12.3 Å². The first-order valence-corrected chi connectivity index (χ1v) is 5.01. The zero-order valence-electron chi connectivity index (χ0n) is 8.62. The first kappa shape index (κ1) is 11.0. The maximum Gasteiger partial charge on any atom is 0.307 e. The maximum absolute atomic E-state index is 11.2. The molecule has 1 amide bonds. The van der Waals surface area contributed by atoms with Crippen molar-refractivity contribution in [3.8, 4) is 0 Å². The summed E-state index contributed by atoms with van der Waals surface area (Å²) in [6, 6.07) is 0.0392. The molecule has 4 heteroatoms. The van der Waals surface area contributed by atoms with Gasteiger partial charge in [0.2, 0.25) is 5.91 Å². The summed E-state index contributed by atoms with van der Waals surface area (Å²) >= 11 is 0. The highest BCUT2D eigenvalue weighted by atomic mass is 16.4. The van der Waals surface area contributed by atoms with Crippen molar-refractivity contribution in [3.63, 3.8) is 0 Å².